The molecule has 0 aliphatic heterocycles. The summed E-state index contributed by atoms with van der Waals surface area (Å²) in [5.41, 5.74) is 1.49. The summed E-state index contributed by atoms with van der Waals surface area (Å²) in [7, 11) is 0. The van der Waals surface area contributed by atoms with E-state index >= 15 is 0 Å². The van der Waals surface area contributed by atoms with Crippen LogP contribution in [0.1, 0.15) is 45.4 Å². The molecule has 0 bridgehead atoms. The van der Waals surface area contributed by atoms with Crippen molar-refractivity contribution in [2.75, 3.05) is 0 Å². The summed E-state index contributed by atoms with van der Waals surface area (Å²) in [6.07, 6.45) is 23.9. The number of allylic oxidation sites excluding steroid dienone is 8. The molecule has 2 aliphatic carbocycles. The van der Waals surface area contributed by atoms with Crippen molar-refractivity contribution in [2.24, 2.45) is 0 Å². The van der Waals surface area contributed by atoms with Crippen molar-refractivity contribution in [1.29, 1.82) is 0 Å². The average Bonchev–Trinajstić information content (AvgIpc) is 3.08. The van der Waals surface area contributed by atoms with E-state index in [9.17, 15) is 0 Å². The molecule has 0 spiro atoms. The van der Waals surface area contributed by atoms with E-state index in [1.807, 2.05) is 19.0 Å². The van der Waals surface area contributed by atoms with Crippen LogP contribution in [0.2, 0.25) is 0 Å². The van der Waals surface area contributed by atoms with Crippen LogP contribution >= 0.6 is 0 Å². The maximum absolute atomic E-state index is 3.18. The van der Waals surface area contributed by atoms with E-state index in [0.29, 0.717) is 0 Å². The second-order valence-electron chi connectivity index (χ2n) is 3.79. The van der Waals surface area contributed by atoms with E-state index in [1.165, 1.54) is 31.3 Å². The summed E-state index contributed by atoms with van der Waals surface area (Å²) < 4.78 is 0. The van der Waals surface area contributed by atoms with Gasteiger partial charge >= 0.3 is 30.2 Å². The SMILES string of the molecule is CCCCCC1=CC[C-]=C1.[C-]1=CC=CC1.[CH3-].[CH3-].[SiH2]=[Zr]. The Kier molecular flexibility index (Phi) is 25.9. The molecule has 0 heterocycles. The second-order valence-corrected chi connectivity index (χ2v) is 3.79. The van der Waals surface area contributed by atoms with E-state index in [0.717, 1.165) is 12.8 Å². The summed E-state index contributed by atoms with van der Waals surface area (Å²) in [5, 5.41) is 0. The Morgan fingerprint density at radius 1 is 1.16 bits per heavy atom. The van der Waals surface area contributed by atoms with Crippen molar-refractivity contribution in [1.82, 2.24) is 0 Å². The minimum absolute atomic E-state index is 0. The first-order valence-corrected chi connectivity index (χ1v) is 12.2. The molecule has 0 saturated carbocycles. The predicted octanol–water partition coefficient (Wildman–Crippen LogP) is 4.54. The van der Waals surface area contributed by atoms with Crippen LogP contribution in [0, 0.1) is 27.0 Å². The van der Waals surface area contributed by atoms with Crippen molar-refractivity contribution < 1.29 is 23.3 Å². The molecule has 0 amide bonds. The van der Waals surface area contributed by atoms with Crippen molar-refractivity contribution in [2.45, 2.75) is 45.4 Å². The predicted molar refractivity (Wildman–Crippen MR) is 87.6 cm³/mol. The third kappa shape index (κ3) is 16.0. The van der Waals surface area contributed by atoms with Crippen molar-refractivity contribution in [3.05, 3.63) is 63.0 Å². The summed E-state index contributed by atoms with van der Waals surface area (Å²) in [5.74, 6) is 0. The molecular formula is C17H28SiZr-4. The summed E-state index contributed by atoms with van der Waals surface area (Å²) in [6.45, 7) is 4.19. The van der Waals surface area contributed by atoms with E-state index in [2.05, 4.69) is 37.3 Å². The zero-order chi connectivity index (χ0) is 12.8. The van der Waals surface area contributed by atoms with Gasteiger partial charge in [0.2, 0.25) is 0 Å². The molecule has 0 aromatic carbocycles. The fourth-order valence-corrected chi connectivity index (χ4v) is 1.53. The van der Waals surface area contributed by atoms with Gasteiger partial charge in [-0.2, -0.15) is 12.2 Å². The Labute approximate surface area is 138 Å². The van der Waals surface area contributed by atoms with E-state index in [1.54, 1.807) is 23.3 Å². The number of rotatable bonds is 4. The van der Waals surface area contributed by atoms with Crippen molar-refractivity contribution >= 4 is 6.88 Å². The van der Waals surface area contributed by atoms with Gasteiger partial charge in [0.05, 0.1) is 0 Å². The Morgan fingerprint density at radius 2 is 1.89 bits per heavy atom. The van der Waals surface area contributed by atoms with Crippen LogP contribution in [0.15, 0.2) is 36.0 Å². The van der Waals surface area contributed by atoms with Gasteiger partial charge in [-0.25, -0.2) is 23.8 Å². The Bertz CT molecular complexity index is 278. The van der Waals surface area contributed by atoms with Crippen LogP contribution < -0.4 is 0 Å². The van der Waals surface area contributed by atoms with Gasteiger partial charge in [0.1, 0.15) is 0 Å². The molecule has 0 aromatic heterocycles. The molecule has 0 N–H and O–H groups in total. The number of hydrogen-bond acceptors (Lipinski definition) is 0. The van der Waals surface area contributed by atoms with Crippen LogP contribution in [0.25, 0.3) is 0 Å². The van der Waals surface area contributed by atoms with Gasteiger partial charge in [-0.15, -0.1) is 12.8 Å². The van der Waals surface area contributed by atoms with Crippen LogP contribution in [-0.4, -0.2) is 6.88 Å². The fraction of sp³-hybridized carbons (Fsp3) is 0.412. The minimum atomic E-state index is 0. The van der Waals surface area contributed by atoms with Crippen LogP contribution in [0.3, 0.4) is 0 Å². The van der Waals surface area contributed by atoms with Crippen LogP contribution in [0.4, 0.5) is 0 Å². The third-order valence-electron chi connectivity index (χ3n) is 2.42. The first kappa shape index (κ1) is 24.1. The van der Waals surface area contributed by atoms with Gasteiger partial charge in [0.15, 0.2) is 0 Å². The van der Waals surface area contributed by atoms with E-state index in [-0.39, 0.29) is 14.9 Å². The number of unbranched alkanes of at least 4 members (excludes halogenated alkanes) is 2. The van der Waals surface area contributed by atoms with Gasteiger partial charge in [-0.1, -0.05) is 32.6 Å². The number of hydrogen-bond donors (Lipinski definition) is 0. The van der Waals surface area contributed by atoms with Crippen LogP contribution in [-0.2, 0) is 23.3 Å². The van der Waals surface area contributed by atoms with Gasteiger partial charge < -0.3 is 14.9 Å². The monoisotopic (exact) mass is 350 g/mol. The third-order valence-corrected chi connectivity index (χ3v) is 2.42. The summed E-state index contributed by atoms with van der Waals surface area (Å²) in [6, 6.07) is 0. The first-order chi connectivity index (χ1) is 8.43. The van der Waals surface area contributed by atoms with E-state index < -0.39 is 0 Å². The molecule has 0 nitrogen and oxygen atoms in total. The van der Waals surface area contributed by atoms with Gasteiger partial charge in [-0.05, 0) is 0 Å². The maximum atomic E-state index is 3.18. The molecule has 0 fully saturated rings. The van der Waals surface area contributed by atoms with Crippen molar-refractivity contribution in [3.63, 3.8) is 0 Å². The van der Waals surface area contributed by atoms with Gasteiger partial charge in [0.25, 0.3) is 0 Å². The molecule has 0 aromatic rings. The Balaban J connectivity index is -0.000000244. The Hall–Kier alpha value is 0.0600. The molecule has 0 atom stereocenters. The normalized spacial score (nSPS) is 13.2. The Morgan fingerprint density at radius 3 is 2.26 bits per heavy atom. The molecule has 0 radical (unpaired) electrons. The molecule has 19 heavy (non-hydrogen) atoms. The summed E-state index contributed by atoms with van der Waals surface area (Å²) in [4.78, 5) is 0. The zero-order valence-electron chi connectivity index (χ0n) is 12.8. The quantitative estimate of drug-likeness (QED) is 0.396. The molecule has 0 unspecified atom stereocenters. The molecule has 0 saturated heterocycles. The first-order valence-electron chi connectivity index (χ1n) is 6.26. The standard InChI is InChI=1S/C10H15.C5H5.2CH3.H2Si.Zr/c1-2-3-4-7-10-8-5-6-9-10;1-2-4-5-3-1;;;;/h8-9H,2-5,7H2,1H3;1-3H,4H2;2*1H3;1H2;/q4*-1;;. The second kappa shape index (κ2) is 20.4. The zero-order valence-corrected chi connectivity index (χ0v) is 16.7. The molecule has 2 heteroatoms. The van der Waals surface area contributed by atoms with Gasteiger partial charge in [-0.3, -0.25) is 12.2 Å². The molecule has 2 rings (SSSR count). The fourth-order valence-electron chi connectivity index (χ4n) is 1.53. The molecule has 108 valence electrons. The van der Waals surface area contributed by atoms with Crippen molar-refractivity contribution in [3.8, 4) is 0 Å². The van der Waals surface area contributed by atoms with Crippen LogP contribution in [0.5, 0.6) is 0 Å². The molecular weight excluding hydrogens is 323 g/mol. The van der Waals surface area contributed by atoms with E-state index in [4.69, 9.17) is 0 Å². The molecule has 2 aliphatic rings. The average molecular weight is 352 g/mol. The van der Waals surface area contributed by atoms with Gasteiger partial charge in [0, 0.05) is 0 Å². The topological polar surface area (TPSA) is 0 Å². The summed E-state index contributed by atoms with van der Waals surface area (Å²) >= 11 is 1.58.